The van der Waals surface area contributed by atoms with Gasteiger partial charge >= 0.3 is 0 Å². The molecule has 1 saturated heterocycles. The molecule has 1 aliphatic heterocycles. The van der Waals surface area contributed by atoms with Crippen molar-refractivity contribution in [1.82, 2.24) is 9.71 Å². The van der Waals surface area contributed by atoms with Crippen LogP contribution in [0.5, 0.6) is 0 Å². The Morgan fingerprint density at radius 3 is 1.98 bits per heavy atom. The van der Waals surface area contributed by atoms with Crippen molar-refractivity contribution in [1.29, 1.82) is 0 Å². The zero-order valence-electron chi connectivity index (χ0n) is 31.3. The van der Waals surface area contributed by atoms with Gasteiger partial charge in [0, 0.05) is 34.9 Å². The smallest absolute Gasteiger partial charge is 0.256 e. The topological polar surface area (TPSA) is 111 Å². The van der Waals surface area contributed by atoms with Gasteiger partial charge in [-0.3, -0.25) is 0 Å². The first-order valence-corrected chi connectivity index (χ1v) is 21.3. The SMILES string of the molecule is C[C@H]1[C@@H](CSc2nc(-c3ccccc3)c(-c3ccccc3)o2)O[C@@H](c2ccc(-c3ccccc3CNS(=O)(=O)c3ccccc3)cc2)O[C@H]1c1ccc(CO)cc1. The van der Waals surface area contributed by atoms with Crippen molar-refractivity contribution < 1.29 is 27.4 Å². The maximum absolute atomic E-state index is 13.0. The summed E-state index contributed by atoms with van der Waals surface area (Å²) >= 11 is 1.52. The molecule has 0 aliphatic carbocycles. The van der Waals surface area contributed by atoms with Crippen LogP contribution in [0.2, 0.25) is 0 Å². The first-order valence-electron chi connectivity index (χ1n) is 18.8. The summed E-state index contributed by atoms with van der Waals surface area (Å²) in [4.78, 5) is 5.20. The molecule has 1 aromatic heterocycles. The van der Waals surface area contributed by atoms with Gasteiger partial charge in [0.15, 0.2) is 12.1 Å². The number of nitrogens with zero attached hydrogens (tertiary/aromatic N) is 1. The Labute approximate surface area is 337 Å². The van der Waals surface area contributed by atoms with E-state index in [0.29, 0.717) is 11.0 Å². The van der Waals surface area contributed by atoms with Crippen LogP contribution in [-0.2, 0) is 32.6 Å². The number of ether oxygens (including phenoxy) is 2. The largest absolute Gasteiger partial charge is 0.431 e. The highest BCUT2D eigenvalue weighted by molar-refractivity contribution is 7.99. The molecule has 0 saturated carbocycles. The Balaban J connectivity index is 1.04. The Hall–Kier alpha value is -5.33. The number of aliphatic hydroxyl groups is 1. The fourth-order valence-corrected chi connectivity index (χ4v) is 9.05. The highest BCUT2D eigenvalue weighted by atomic mass is 32.2. The summed E-state index contributed by atoms with van der Waals surface area (Å²) in [7, 11) is -3.68. The Morgan fingerprint density at radius 1 is 0.684 bits per heavy atom. The molecule has 288 valence electrons. The summed E-state index contributed by atoms with van der Waals surface area (Å²) in [5, 5.41) is 10.3. The monoisotopic (exact) mass is 794 g/mol. The number of sulfonamides is 1. The van der Waals surface area contributed by atoms with Crippen LogP contribution in [0.25, 0.3) is 33.7 Å². The third kappa shape index (κ3) is 8.82. The molecule has 6 aromatic carbocycles. The zero-order chi connectivity index (χ0) is 39.2. The predicted octanol–water partition coefficient (Wildman–Crippen LogP) is 10.2. The van der Waals surface area contributed by atoms with Gasteiger partial charge in [-0.05, 0) is 39.9 Å². The lowest BCUT2D eigenvalue weighted by Crippen LogP contribution is -2.38. The Bertz CT molecular complexity index is 2440. The maximum atomic E-state index is 13.0. The van der Waals surface area contributed by atoms with Crippen LogP contribution >= 0.6 is 11.8 Å². The lowest BCUT2D eigenvalue weighted by atomic mass is 9.91. The molecule has 7 aromatic rings. The van der Waals surface area contributed by atoms with E-state index in [9.17, 15) is 13.5 Å². The van der Waals surface area contributed by atoms with Gasteiger partial charge in [0.05, 0.1) is 23.7 Å². The maximum Gasteiger partial charge on any atom is 0.256 e. The molecule has 1 fully saturated rings. The van der Waals surface area contributed by atoms with Crippen molar-refractivity contribution >= 4 is 21.8 Å². The van der Waals surface area contributed by atoms with Crippen molar-refractivity contribution in [2.75, 3.05) is 5.75 Å². The standard InChI is InChI=1S/C47H42N2O6S2/c1-32-42(31-56-47-49-43(35-13-5-2-6-14-35)45(55-47)36-15-7-3-8-16-36)53-46(54-44(32)37-23-21-33(30-50)22-24-37)38-27-25-34(26-28-38)41-20-12-11-17-39(41)29-48-57(51,52)40-18-9-4-10-19-40/h2-28,32,42,44,46,48,50H,29-31H2,1H3/t32-,42+,44+,46+/m0/s1. The molecular formula is C47H42N2O6S2. The van der Waals surface area contributed by atoms with Crippen molar-refractivity contribution in [3.05, 3.63) is 186 Å². The molecule has 10 heteroatoms. The van der Waals surface area contributed by atoms with E-state index in [2.05, 4.69) is 11.6 Å². The van der Waals surface area contributed by atoms with Gasteiger partial charge < -0.3 is 19.0 Å². The third-order valence-corrected chi connectivity index (χ3v) is 12.5. The second-order valence-electron chi connectivity index (χ2n) is 13.9. The summed E-state index contributed by atoms with van der Waals surface area (Å²) in [5.41, 5.74) is 8.13. The molecule has 0 amide bonds. The summed E-state index contributed by atoms with van der Waals surface area (Å²) in [6, 6.07) is 52.1. The number of hydrogen-bond acceptors (Lipinski definition) is 8. The number of rotatable bonds is 13. The third-order valence-electron chi connectivity index (χ3n) is 10.2. The molecule has 57 heavy (non-hydrogen) atoms. The number of aromatic nitrogens is 1. The quantitative estimate of drug-likeness (QED) is 0.111. The Kier molecular flexibility index (Phi) is 11.8. The van der Waals surface area contributed by atoms with Gasteiger partial charge in [-0.1, -0.05) is 170 Å². The fourth-order valence-electron chi connectivity index (χ4n) is 7.03. The molecular weight excluding hydrogens is 753 g/mol. The average Bonchev–Trinajstić information content (AvgIpc) is 3.71. The number of hydrogen-bond donors (Lipinski definition) is 2. The van der Waals surface area contributed by atoms with E-state index in [1.165, 1.54) is 11.8 Å². The van der Waals surface area contributed by atoms with Crippen LogP contribution in [0.4, 0.5) is 0 Å². The van der Waals surface area contributed by atoms with E-state index < -0.39 is 16.3 Å². The molecule has 8 nitrogen and oxygen atoms in total. The molecule has 2 N–H and O–H groups in total. The minimum Gasteiger partial charge on any atom is -0.431 e. The minimum atomic E-state index is -3.68. The number of thioether (sulfide) groups is 1. The van der Waals surface area contributed by atoms with Gasteiger partial charge in [-0.15, -0.1) is 0 Å². The molecule has 0 bridgehead atoms. The lowest BCUT2D eigenvalue weighted by molar-refractivity contribution is -0.268. The van der Waals surface area contributed by atoms with Crippen LogP contribution in [-0.4, -0.2) is 30.4 Å². The van der Waals surface area contributed by atoms with Crippen molar-refractivity contribution in [3.8, 4) is 33.7 Å². The van der Waals surface area contributed by atoms with Crippen LogP contribution in [0.1, 0.15) is 41.6 Å². The second kappa shape index (κ2) is 17.4. The van der Waals surface area contributed by atoms with E-state index in [1.807, 2.05) is 133 Å². The van der Waals surface area contributed by atoms with Gasteiger partial charge in [-0.2, -0.15) is 0 Å². The van der Waals surface area contributed by atoms with E-state index in [4.69, 9.17) is 18.9 Å². The first kappa shape index (κ1) is 38.5. The highest BCUT2D eigenvalue weighted by Crippen LogP contribution is 2.44. The van der Waals surface area contributed by atoms with Crippen LogP contribution in [0.15, 0.2) is 178 Å². The second-order valence-corrected chi connectivity index (χ2v) is 16.7. The van der Waals surface area contributed by atoms with Crippen molar-refractivity contribution in [2.24, 2.45) is 5.92 Å². The van der Waals surface area contributed by atoms with Crippen molar-refractivity contribution in [3.63, 3.8) is 0 Å². The van der Waals surface area contributed by atoms with Gasteiger partial charge in [-0.25, -0.2) is 18.1 Å². The molecule has 0 unspecified atom stereocenters. The van der Waals surface area contributed by atoms with E-state index in [-0.39, 0.29) is 36.2 Å². The molecule has 2 heterocycles. The van der Waals surface area contributed by atoms with E-state index in [1.54, 1.807) is 30.3 Å². The number of aliphatic hydroxyl groups excluding tert-OH is 1. The first-order chi connectivity index (χ1) is 27.9. The van der Waals surface area contributed by atoms with Crippen LogP contribution in [0.3, 0.4) is 0 Å². The molecule has 4 atom stereocenters. The molecule has 8 rings (SSSR count). The summed E-state index contributed by atoms with van der Waals surface area (Å²) < 4.78 is 48.7. The normalized spacial score (nSPS) is 18.4. The Morgan fingerprint density at radius 2 is 1.30 bits per heavy atom. The average molecular weight is 795 g/mol. The zero-order valence-corrected chi connectivity index (χ0v) is 32.9. The minimum absolute atomic E-state index is 0.0308. The summed E-state index contributed by atoms with van der Waals surface area (Å²) in [5.74, 6) is 1.26. The molecule has 0 spiro atoms. The highest BCUT2D eigenvalue weighted by Gasteiger charge is 2.39. The van der Waals surface area contributed by atoms with Gasteiger partial charge in [0.1, 0.15) is 5.69 Å². The lowest BCUT2D eigenvalue weighted by Gasteiger charge is -2.41. The number of oxazole rings is 1. The summed E-state index contributed by atoms with van der Waals surface area (Å²) in [6.07, 6.45) is -1.19. The fraction of sp³-hybridized carbons (Fsp3) is 0.170. The van der Waals surface area contributed by atoms with Crippen LogP contribution in [0, 0.1) is 5.92 Å². The van der Waals surface area contributed by atoms with Gasteiger partial charge in [0.2, 0.25) is 10.0 Å². The van der Waals surface area contributed by atoms with E-state index >= 15 is 0 Å². The number of nitrogens with one attached hydrogen (secondary N) is 1. The van der Waals surface area contributed by atoms with E-state index in [0.717, 1.165) is 56.0 Å². The summed E-state index contributed by atoms with van der Waals surface area (Å²) in [6.45, 7) is 2.24. The molecule has 0 radical (unpaired) electrons. The molecule has 1 aliphatic rings. The predicted molar refractivity (Wildman–Crippen MR) is 223 cm³/mol. The van der Waals surface area contributed by atoms with Gasteiger partial charge in [0.25, 0.3) is 5.22 Å². The van der Waals surface area contributed by atoms with Crippen molar-refractivity contribution in [2.45, 2.75) is 48.7 Å². The number of benzene rings is 6. The van der Waals surface area contributed by atoms with Crippen LogP contribution < -0.4 is 4.72 Å².